The average Bonchev–Trinajstić information content (AvgIpc) is 3.26. The molecule has 0 radical (unpaired) electrons. The van der Waals surface area contributed by atoms with Crippen LogP contribution in [0.1, 0.15) is 20.3 Å². The van der Waals surface area contributed by atoms with Crippen LogP contribution in [-0.4, -0.2) is 0 Å². The molecule has 0 spiro atoms. The Morgan fingerprint density at radius 1 is 0.962 bits per heavy atom. The molecule has 0 saturated carbocycles. The second-order valence-corrected chi connectivity index (χ2v) is 5.60. The van der Waals surface area contributed by atoms with Gasteiger partial charge in [0.15, 0.2) is 0 Å². The van der Waals surface area contributed by atoms with Gasteiger partial charge in [0.1, 0.15) is 0 Å². The maximum absolute atomic E-state index is 3.52. The molecule has 3 heteroatoms. The fourth-order valence-electron chi connectivity index (χ4n) is 2.24. The van der Waals surface area contributed by atoms with Crippen LogP contribution in [0.2, 0.25) is 0 Å². The van der Waals surface area contributed by atoms with E-state index in [0.717, 1.165) is 6.42 Å². The molecule has 0 aromatic heterocycles. The van der Waals surface area contributed by atoms with Gasteiger partial charge in [-0.2, -0.15) is 6.08 Å². The summed E-state index contributed by atoms with van der Waals surface area (Å²) >= 11 is 0. The third-order valence-corrected chi connectivity index (χ3v) is 3.52. The minimum Gasteiger partial charge on any atom is -1.00 e. The zero-order valence-electron chi connectivity index (χ0n) is 15.2. The summed E-state index contributed by atoms with van der Waals surface area (Å²) < 4.78 is 0. The summed E-state index contributed by atoms with van der Waals surface area (Å²) in [5.41, 5.74) is 1.27. The molecule has 0 unspecified atom stereocenters. The van der Waals surface area contributed by atoms with Gasteiger partial charge in [-0.05, 0) is 0 Å². The molecule has 1 aliphatic carbocycles. The first-order chi connectivity index (χ1) is 11.2. The molecule has 0 heterocycles. The summed E-state index contributed by atoms with van der Waals surface area (Å²) in [7, 11) is 0. The summed E-state index contributed by atoms with van der Waals surface area (Å²) in [5, 5.41) is 5.39. The van der Waals surface area contributed by atoms with Crippen molar-refractivity contribution in [2.45, 2.75) is 20.3 Å². The quantitative estimate of drug-likeness (QED) is 0.435. The molecule has 0 amide bonds. The number of halogens is 2. The number of hydrogen-bond donors (Lipinski definition) is 0. The van der Waals surface area contributed by atoms with Crippen molar-refractivity contribution in [3.05, 3.63) is 97.5 Å². The predicted molar refractivity (Wildman–Crippen MR) is 103 cm³/mol. The van der Waals surface area contributed by atoms with Crippen LogP contribution < -0.4 is 24.8 Å². The van der Waals surface area contributed by atoms with E-state index in [0.29, 0.717) is 0 Å². The van der Waals surface area contributed by atoms with Crippen molar-refractivity contribution in [1.29, 1.82) is 0 Å². The number of fused-ring (bicyclic) bond motifs is 3. The average molecular weight is 462 g/mol. The first-order valence-electron chi connectivity index (χ1n) is 7.90. The summed E-state index contributed by atoms with van der Waals surface area (Å²) in [6, 6.07) is 19.3. The van der Waals surface area contributed by atoms with Crippen LogP contribution in [0.3, 0.4) is 0 Å². The Bertz CT molecular complexity index is 777. The van der Waals surface area contributed by atoms with Gasteiger partial charge in [0.25, 0.3) is 0 Å². The molecule has 0 saturated heterocycles. The van der Waals surface area contributed by atoms with Gasteiger partial charge in [-0.1, -0.05) is 36.4 Å². The third kappa shape index (κ3) is 8.50. The van der Waals surface area contributed by atoms with Crippen molar-refractivity contribution in [2.24, 2.45) is 0 Å². The first-order valence-corrected chi connectivity index (χ1v) is 7.90. The molecular formula is C23H23Cl2Zr-3. The van der Waals surface area contributed by atoms with E-state index >= 15 is 0 Å². The molecule has 3 aromatic rings. The monoisotopic (exact) mass is 459 g/mol. The minimum atomic E-state index is 0. The predicted octanol–water partition coefficient (Wildman–Crippen LogP) is 0.810. The molecule has 0 bridgehead atoms. The summed E-state index contributed by atoms with van der Waals surface area (Å²) in [6.45, 7) is 7.56. The van der Waals surface area contributed by atoms with Crippen molar-refractivity contribution in [3.8, 4) is 0 Å². The topological polar surface area (TPSA) is 0 Å². The summed E-state index contributed by atoms with van der Waals surface area (Å²) in [4.78, 5) is 0. The largest absolute Gasteiger partial charge is 2.00 e. The molecule has 0 atom stereocenters. The van der Waals surface area contributed by atoms with Gasteiger partial charge in [-0.15, -0.1) is 60.0 Å². The third-order valence-electron chi connectivity index (χ3n) is 3.52. The fourth-order valence-corrected chi connectivity index (χ4v) is 2.24. The number of hydrogen-bond acceptors (Lipinski definition) is 0. The molecule has 0 nitrogen and oxygen atoms in total. The van der Waals surface area contributed by atoms with Crippen LogP contribution in [0.4, 0.5) is 0 Å². The molecular weight excluding hydrogens is 438 g/mol. The second kappa shape index (κ2) is 15.0. The van der Waals surface area contributed by atoms with Crippen molar-refractivity contribution in [3.63, 3.8) is 0 Å². The van der Waals surface area contributed by atoms with E-state index < -0.39 is 0 Å². The summed E-state index contributed by atoms with van der Waals surface area (Å²) in [5.74, 6) is 0. The van der Waals surface area contributed by atoms with E-state index in [-0.39, 0.29) is 51.0 Å². The Morgan fingerprint density at radius 3 is 1.73 bits per heavy atom. The standard InChI is InChI=1S/C13H9.C5H5.C5H9.2ClH.Zr/c1-3-7-12-10(5-1)9-11-6-2-4-8-13(11)12;1-2-4-5-3-1;1-4-5(2)3;;;/h1-9H;1-3H,4H2;4H,1H2,2-3H3;2*1H;/q3*-1;;;+2/p-2. The van der Waals surface area contributed by atoms with Crippen LogP contribution in [0.5, 0.6) is 0 Å². The van der Waals surface area contributed by atoms with Crippen LogP contribution in [-0.2, 0) is 26.2 Å². The second-order valence-electron chi connectivity index (χ2n) is 5.60. The Labute approximate surface area is 189 Å². The molecule has 4 rings (SSSR count). The van der Waals surface area contributed by atoms with E-state index in [1.54, 1.807) is 0 Å². The van der Waals surface area contributed by atoms with Crippen LogP contribution in [0.25, 0.3) is 21.5 Å². The van der Waals surface area contributed by atoms with Crippen LogP contribution in [0, 0.1) is 13.0 Å². The first kappa shape index (κ1) is 27.1. The van der Waals surface area contributed by atoms with Gasteiger partial charge in [0.2, 0.25) is 0 Å². The van der Waals surface area contributed by atoms with Crippen molar-refractivity contribution in [2.75, 3.05) is 0 Å². The van der Waals surface area contributed by atoms with Gasteiger partial charge in [0.05, 0.1) is 0 Å². The molecule has 26 heavy (non-hydrogen) atoms. The molecule has 3 aromatic carbocycles. The molecule has 1 aliphatic rings. The van der Waals surface area contributed by atoms with E-state index in [1.807, 2.05) is 32.1 Å². The van der Waals surface area contributed by atoms with Gasteiger partial charge < -0.3 is 24.8 Å². The maximum Gasteiger partial charge on any atom is 2.00 e. The zero-order valence-corrected chi connectivity index (χ0v) is 19.1. The zero-order chi connectivity index (χ0) is 16.5. The van der Waals surface area contributed by atoms with Gasteiger partial charge in [-0.25, -0.2) is 30.7 Å². The Kier molecular flexibility index (Phi) is 15.6. The van der Waals surface area contributed by atoms with E-state index in [4.69, 9.17) is 0 Å². The van der Waals surface area contributed by atoms with Gasteiger partial charge >= 0.3 is 26.2 Å². The normalized spacial score (nSPS) is 10.2. The minimum absolute atomic E-state index is 0. The molecule has 136 valence electrons. The molecule has 0 aliphatic heterocycles. The van der Waals surface area contributed by atoms with Crippen LogP contribution >= 0.6 is 0 Å². The van der Waals surface area contributed by atoms with Gasteiger partial charge in [0, 0.05) is 0 Å². The Morgan fingerprint density at radius 2 is 1.42 bits per heavy atom. The molecule has 0 N–H and O–H groups in total. The summed E-state index contributed by atoms with van der Waals surface area (Å²) in [6.07, 6.45) is 11.8. The molecule has 0 fully saturated rings. The van der Waals surface area contributed by atoms with E-state index in [2.05, 4.69) is 73.7 Å². The van der Waals surface area contributed by atoms with Crippen molar-refractivity contribution >= 4 is 21.5 Å². The van der Waals surface area contributed by atoms with E-state index in [9.17, 15) is 0 Å². The number of benzene rings is 2. The van der Waals surface area contributed by atoms with Crippen LogP contribution in [0.15, 0.2) is 84.5 Å². The number of rotatable bonds is 0. The maximum atomic E-state index is 3.52. The van der Waals surface area contributed by atoms with E-state index in [1.165, 1.54) is 27.1 Å². The van der Waals surface area contributed by atoms with Gasteiger partial charge in [-0.3, -0.25) is 6.08 Å². The Hall–Kier alpha value is -1.14. The van der Waals surface area contributed by atoms with Crippen molar-refractivity contribution in [1.82, 2.24) is 0 Å². The smallest absolute Gasteiger partial charge is 1.00 e. The number of allylic oxidation sites excluding steroid dienone is 6. The fraction of sp³-hybridized carbons (Fsp3) is 0.130. The van der Waals surface area contributed by atoms with Crippen molar-refractivity contribution < 1.29 is 51.0 Å². The Balaban J connectivity index is 0. The SMILES string of the molecule is [C-]1=CC=CC1.[CH2-]C=C(C)C.[Cl-].[Cl-].[Zr+2].c1ccc2c(c1)[cH-]c1ccccc12.